The maximum atomic E-state index is 13.7. The molecule has 3 rings (SSSR count). The molecule has 0 saturated carbocycles. The molecule has 0 saturated heterocycles. The Kier molecular flexibility index (Phi) is 4.55. The number of nitrogens with zero attached hydrogens (tertiary/aromatic N) is 3. The van der Waals surface area contributed by atoms with Crippen LogP contribution in [0.2, 0.25) is 0 Å². The molecule has 0 N–H and O–H groups in total. The van der Waals surface area contributed by atoms with Crippen LogP contribution in [0.1, 0.15) is 36.9 Å². The van der Waals surface area contributed by atoms with Gasteiger partial charge < -0.3 is 4.74 Å². The zero-order valence-corrected chi connectivity index (χ0v) is 13.8. The Morgan fingerprint density at radius 1 is 1.15 bits per heavy atom. The second-order valence-corrected chi connectivity index (χ2v) is 5.64. The van der Waals surface area contributed by atoms with Gasteiger partial charge in [0.2, 0.25) is 0 Å². The van der Waals surface area contributed by atoms with Crippen LogP contribution >= 0.6 is 0 Å². The molecule has 2 heterocycles. The lowest BCUT2D eigenvalue weighted by molar-refractivity contribution is -0.138. The van der Waals surface area contributed by atoms with Gasteiger partial charge in [0.05, 0.1) is 0 Å². The molecule has 9 heteroatoms. The maximum Gasteiger partial charge on any atom is 0.420 e. The molecule has 1 atom stereocenters. The number of rotatable bonds is 4. The molecule has 0 aliphatic carbocycles. The third kappa shape index (κ3) is 3.21. The third-order valence-electron chi connectivity index (χ3n) is 3.92. The first-order chi connectivity index (χ1) is 12.2. The monoisotopic (exact) mass is 371 g/mol. The van der Waals surface area contributed by atoms with E-state index in [4.69, 9.17) is 4.74 Å². The van der Waals surface area contributed by atoms with Gasteiger partial charge in [0, 0.05) is 24.2 Å². The Bertz CT molecular complexity index is 951. The molecule has 0 fully saturated rings. The average molecular weight is 371 g/mol. The van der Waals surface area contributed by atoms with Gasteiger partial charge in [-0.2, -0.15) is 13.2 Å². The van der Waals surface area contributed by atoms with Crippen LogP contribution in [0.5, 0.6) is 5.75 Å². The largest absolute Gasteiger partial charge is 0.483 e. The summed E-state index contributed by atoms with van der Waals surface area (Å²) in [6.07, 6.45) is -4.04. The number of hydrogen-bond donors (Lipinski definition) is 0. The number of hydrogen-bond acceptors (Lipinski definition) is 3. The van der Waals surface area contributed by atoms with E-state index in [1.54, 1.807) is 6.92 Å². The van der Waals surface area contributed by atoms with Crippen molar-refractivity contribution in [2.45, 2.75) is 32.5 Å². The number of aryl methyl sites for hydroxylation is 1. The first-order valence-corrected chi connectivity index (χ1v) is 7.77. The number of fused-ring (bicyclic) bond motifs is 1. The van der Waals surface area contributed by atoms with E-state index >= 15 is 0 Å². The van der Waals surface area contributed by atoms with E-state index in [0.29, 0.717) is 18.3 Å². The summed E-state index contributed by atoms with van der Waals surface area (Å²) in [6.45, 7) is 3.10. The molecule has 2 aromatic heterocycles. The van der Waals surface area contributed by atoms with E-state index in [-0.39, 0.29) is 17.0 Å². The van der Waals surface area contributed by atoms with Gasteiger partial charge in [-0.25, -0.2) is 8.78 Å². The zero-order chi connectivity index (χ0) is 19.1. The van der Waals surface area contributed by atoms with E-state index in [9.17, 15) is 22.0 Å². The zero-order valence-electron chi connectivity index (χ0n) is 13.8. The van der Waals surface area contributed by atoms with E-state index < -0.39 is 29.5 Å². The molecule has 0 amide bonds. The normalized spacial score (nSPS) is 13.2. The summed E-state index contributed by atoms with van der Waals surface area (Å²) in [5.41, 5.74) is -1.56. The standard InChI is InChI=1S/C17H14F5N3O/c1-3-14-23-24-16-15(17(20,21)22)11(6-7-25(14)16)9(2)26-13-5-4-10(18)8-12(13)19/h4-9H,3H2,1-2H3. The molecule has 3 aromatic rings. The highest BCUT2D eigenvalue weighted by atomic mass is 19.4. The fraction of sp³-hybridized carbons (Fsp3) is 0.294. The molecule has 26 heavy (non-hydrogen) atoms. The average Bonchev–Trinajstić information content (AvgIpc) is 2.98. The summed E-state index contributed by atoms with van der Waals surface area (Å²) in [5, 5.41) is 7.42. The van der Waals surface area contributed by atoms with Gasteiger partial charge in [0.15, 0.2) is 17.2 Å². The van der Waals surface area contributed by atoms with Crippen molar-refractivity contribution in [3.05, 3.63) is 59.0 Å². The van der Waals surface area contributed by atoms with E-state index in [1.807, 2.05) is 0 Å². The fourth-order valence-corrected chi connectivity index (χ4v) is 2.71. The molecular weight excluding hydrogens is 357 g/mol. The van der Waals surface area contributed by atoms with Gasteiger partial charge in [0.25, 0.3) is 0 Å². The smallest absolute Gasteiger partial charge is 0.420 e. The summed E-state index contributed by atoms with van der Waals surface area (Å²) in [5.74, 6) is -1.77. The number of halogens is 5. The number of pyridine rings is 1. The second kappa shape index (κ2) is 6.54. The van der Waals surface area contributed by atoms with Crippen LogP contribution in [0.3, 0.4) is 0 Å². The number of aromatic nitrogens is 3. The lowest BCUT2D eigenvalue weighted by Gasteiger charge is -2.20. The van der Waals surface area contributed by atoms with Gasteiger partial charge in [-0.1, -0.05) is 6.92 Å². The predicted molar refractivity (Wildman–Crippen MR) is 82.8 cm³/mol. The highest BCUT2D eigenvalue weighted by Gasteiger charge is 2.39. The minimum Gasteiger partial charge on any atom is -0.483 e. The van der Waals surface area contributed by atoms with Crippen LogP contribution < -0.4 is 4.74 Å². The molecule has 0 aliphatic rings. The second-order valence-electron chi connectivity index (χ2n) is 5.64. The minimum atomic E-state index is -4.71. The summed E-state index contributed by atoms with van der Waals surface area (Å²) in [4.78, 5) is 0. The molecule has 0 bridgehead atoms. The van der Waals surface area contributed by atoms with Crippen molar-refractivity contribution in [2.75, 3.05) is 0 Å². The van der Waals surface area contributed by atoms with Crippen LogP contribution in [-0.2, 0) is 12.6 Å². The molecule has 1 unspecified atom stereocenters. The molecule has 4 nitrogen and oxygen atoms in total. The SMILES string of the molecule is CCc1nnc2c(C(F)(F)F)c(C(C)Oc3ccc(F)cc3F)ccn12. The number of ether oxygens (including phenoxy) is 1. The highest BCUT2D eigenvalue weighted by molar-refractivity contribution is 5.54. The molecule has 0 radical (unpaired) electrons. The Morgan fingerprint density at radius 2 is 1.88 bits per heavy atom. The van der Waals surface area contributed by atoms with Gasteiger partial charge in [-0.3, -0.25) is 4.40 Å². The van der Waals surface area contributed by atoms with Gasteiger partial charge in [0.1, 0.15) is 23.3 Å². The molecule has 138 valence electrons. The molecular formula is C17H14F5N3O. The van der Waals surface area contributed by atoms with Crippen LogP contribution in [0.4, 0.5) is 22.0 Å². The topological polar surface area (TPSA) is 39.4 Å². The van der Waals surface area contributed by atoms with Crippen molar-refractivity contribution in [1.29, 1.82) is 0 Å². The lowest BCUT2D eigenvalue weighted by Crippen LogP contribution is -2.16. The first kappa shape index (κ1) is 18.1. The van der Waals surface area contributed by atoms with E-state index in [1.165, 1.54) is 23.6 Å². The highest BCUT2D eigenvalue weighted by Crippen LogP contribution is 2.38. The van der Waals surface area contributed by atoms with Crippen LogP contribution in [0.25, 0.3) is 5.65 Å². The van der Waals surface area contributed by atoms with E-state index in [0.717, 1.165) is 12.1 Å². The Morgan fingerprint density at radius 3 is 2.50 bits per heavy atom. The van der Waals surface area contributed by atoms with Crippen molar-refractivity contribution in [3.63, 3.8) is 0 Å². The fourth-order valence-electron chi connectivity index (χ4n) is 2.71. The van der Waals surface area contributed by atoms with Crippen LogP contribution in [0.15, 0.2) is 30.5 Å². The minimum absolute atomic E-state index is 0.219. The number of benzene rings is 1. The molecule has 0 spiro atoms. The summed E-state index contributed by atoms with van der Waals surface area (Å²) in [7, 11) is 0. The quantitative estimate of drug-likeness (QED) is 0.623. The first-order valence-electron chi connectivity index (χ1n) is 7.77. The Hall–Kier alpha value is -2.71. The van der Waals surface area contributed by atoms with Crippen molar-refractivity contribution < 1.29 is 26.7 Å². The Balaban J connectivity index is 2.08. The predicted octanol–water partition coefficient (Wildman–Crippen LogP) is 4.73. The van der Waals surface area contributed by atoms with Crippen molar-refractivity contribution >= 4 is 5.65 Å². The summed E-state index contributed by atoms with van der Waals surface area (Å²) >= 11 is 0. The lowest BCUT2D eigenvalue weighted by atomic mass is 10.0. The van der Waals surface area contributed by atoms with Crippen LogP contribution in [-0.4, -0.2) is 14.6 Å². The van der Waals surface area contributed by atoms with Gasteiger partial charge >= 0.3 is 6.18 Å². The van der Waals surface area contributed by atoms with Crippen molar-refractivity contribution in [2.24, 2.45) is 0 Å². The summed E-state index contributed by atoms with van der Waals surface area (Å²) < 4.78 is 74.3. The molecule has 1 aromatic carbocycles. The molecule has 0 aliphatic heterocycles. The van der Waals surface area contributed by atoms with E-state index in [2.05, 4.69) is 10.2 Å². The Labute approximate surface area is 145 Å². The van der Waals surface area contributed by atoms with Crippen molar-refractivity contribution in [3.8, 4) is 5.75 Å². The van der Waals surface area contributed by atoms with Crippen molar-refractivity contribution in [1.82, 2.24) is 14.6 Å². The third-order valence-corrected chi connectivity index (χ3v) is 3.92. The number of alkyl halides is 3. The van der Waals surface area contributed by atoms with Gasteiger partial charge in [-0.05, 0) is 25.1 Å². The summed E-state index contributed by atoms with van der Waals surface area (Å²) in [6, 6.07) is 3.83. The maximum absolute atomic E-state index is 13.7. The van der Waals surface area contributed by atoms with Gasteiger partial charge in [-0.15, -0.1) is 10.2 Å². The van der Waals surface area contributed by atoms with Crippen LogP contribution in [0, 0.1) is 11.6 Å².